The number of hydrogen-bond acceptors (Lipinski definition) is 9. The molecule has 0 aliphatic rings. The summed E-state index contributed by atoms with van der Waals surface area (Å²) in [5, 5.41) is 21.8. The van der Waals surface area contributed by atoms with E-state index in [-0.39, 0.29) is 0 Å². The van der Waals surface area contributed by atoms with Gasteiger partial charge in [-0.2, -0.15) is 9.97 Å². The smallest absolute Gasteiger partial charge is 0.225 e. The molecule has 1 aromatic carbocycles. The van der Waals surface area contributed by atoms with Crippen LogP contribution in [0.1, 0.15) is 12.5 Å². The maximum Gasteiger partial charge on any atom is 0.225 e. The first-order valence-electron chi connectivity index (χ1n) is 8.28. The Morgan fingerprint density at radius 2 is 1.46 bits per heavy atom. The largest absolute Gasteiger partial charge is 0.374 e. The van der Waals surface area contributed by atoms with Gasteiger partial charge < -0.3 is 26.4 Å². The van der Waals surface area contributed by atoms with Crippen molar-refractivity contribution in [2.45, 2.75) is 19.7 Å². The van der Waals surface area contributed by atoms with Crippen molar-refractivity contribution < 1.29 is 5.11 Å². The van der Waals surface area contributed by atoms with Crippen LogP contribution in [0.4, 0.5) is 23.5 Å². The second-order valence-electron chi connectivity index (χ2n) is 5.65. The van der Waals surface area contributed by atoms with Crippen LogP contribution < -0.4 is 21.3 Å². The molecule has 0 spiro atoms. The molecule has 9 heteroatoms. The summed E-state index contributed by atoms with van der Waals surface area (Å²) in [5.41, 5.74) is 2.19. The highest BCUT2D eigenvalue weighted by Crippen LogP contribution is 2.27. The van der Waals surface area contributed by atoms with Crippen molar-refractivity contribution >= 4 is 34.6 Å². The Labute approximate surface area is 151 Å². The highest BCUT2D eigenvalue weighted by molar-refractivity contribution is 5.94. The molecule has 0 fully saturated rings. The van der Waals surface area contributed by atoms with Gasteiger partial charge in [0, 0.05) is 20.6 Å². The van der Waals surface area contributed by atoms with Crippen LogP contribution in [0, 0.1) is 0 Å². The summed E-state index contributed by atoms with van der Waals surface area (Å²) >= 11 is 0. The number of benzene rings is 1. The first kappa shape index (κ1) is 17.6. The molecule has 3 aromatic rings. The van der Waals surface area contributed by atoms with E-state index in [0.717, 1.165) is 5.56 Å². The highest BCUT2D eigenvalue weighted by atomic mass is 16.3. The number of aliphatic hydroxyl groups is 1. The van der Waals surface area contributed by atoms with E-state index < -0.39 is 6.23 Å². The lowest BCUT2D eigenvalue weighted by Gasteiger charge is -2.15. The second kappa shape index (κ2) is 7.79. The molecule has 5 N–H and O–H groups in total. The predicted molar refractivity (Wildman–Crippen MR) is 103 cm³/mol. The number of nitrogens with zero attached hydrogens (tertiary/aromatic N) is 4. The monoisotopic (exact) mass is 354 g/mol. The van der Waals surface area contributed by atoms with Crippen molar-refractivity contribution in [2.24, 2.45) is 0 Å². The van der Waals surface area contributed by atoms with E-state index in [2.05, 4.69) is 41.2 Å². The fourth-order valence-corrected chi connectivity index (χ4v) is 2.44. The van der Waals surface area contributed by atoms with Gasteiger partial charge in [-0.05, 0) is 12.5 Å². The van der Waals surface area contributed by atoms with Crippen molar-refractivity contribution in [3.8, 4) is 0 Å². The molecule has 0 radical (unpaired) electrons. The number of rotatable bonds is 7. The van der Waals surface area contributed by atoms with Gasteiger partial charge in [-0.25, -0.2) is 9.97 Å². The van der Waals surface area contributed by atoms with Crippen LogP contribution in [0.15, 0.2) is 30.3 Å². The van der Waals surface area contributed by atoms with Gasteiger partial charge in [0.2, 0.25) is 11.9 Å². The summed E-state index contributed by atoms with van der Waals surface area (Å²) in [6.07, 6.45) is -0.786. The molecule has 9 nitrogen and oxygen atoms in total. The molecule has 3 rings (SSSR count). The Hall–Kier alpha value is -3.20. The maximum absolute atomic E-state index is 9.71. The summed E-state index contributed by atoms with van der Waals surface area (Å²) < 4.78 is 0. The molecule has 0 amide bonds. The van der Waals surface area contributed by atoms with E-state index >= 15 is 0 Å². The van der Waals surface area contributed by atoms with Crippen molar-refractivity contribution in [2.75, 3.05) is 35.4 Å². The highest BCUT2D eigenvalue weighted by Gasteiger charge is 2.16. The fourth-order valence-electron chi connectivity index (χ4n) is 2.44. The van der Waals surface area contributed by atoms with Gasteiger partial charge in [-0.3, -0.25) is 0 Å². The zero-order valence-electron chi connectivity index (χ0n) is 14.9. The third kappa shape index (κ3) is 3.89. The van der Waals surface area contributed by atoms with Crippen molar-refractivity contribution in [3.05, 3.63) is 35.9 Å². The molecule has 0 bridgehead atoms. The minimum absolute atomic E-state index is 0.407. The van der Waals surface area contributed by atoms with E-state index in [1.165, 1.54) is 0 Å². The average molecular weight is 354 g/mol. The lowest BCUT2D eigenvalue weighted by molar-refractivity contribution is 0.224. The normalized spacial score (nSPS) is 11.8. The molecule has 26 heavy (non-hydrogen) atoms. The Bertz CT molecular complexity index is 885. The maximum atomic E-state index is 9.71. The summed E-state index contributed by atoms with van der Waals surface area (Å²) in [7, 11) is 3.47. The van der Waals surface area contributed by atoms with Crippen LogP contribution in [-0.4, -0.2) is 45.4 Å². The quantitative estimate of drug-likeness (QED) is 0.405. The van der Waals surface area contributed by atoms with Gasteiger partial charge in [0.05, 0.1) is 0 Å². The molecule has 2 heterocycles. The van der Waals surface area contributed by atoms with Crippen molar-refractivity contribution in [1.29, 1.82) is 0 Å². The first-order chi connectivity index (χ1) is 12.6. The van der Waals surface area contributed by atoms with E-state index in [0.29, 0.717) is 41.1 Å². The zero-order valence-corrected chi connectivity index (χ0v) is 14.9. The number of aromatic nitrogens is 4. The van der Waals surface area contributed by atoms with E-state index in [9.17, 15) is 5.11 Å². The van der Waals surface area contributed by atoms with Gasteiger partial charge in [-0.15, -0.1) is 0 Å². The second-order valence-corrected chi connectivity index (χ2v) is 5.65. The summed E-state index contributed by atoms with van der Waals surface area (Å²) in [5.74, 6) is 1.85. The van der Waals surface area contributed by atoms with Crippen molar-refractivity contribution in [1.82, 2.24) is 19.9 Å². The summed E-state index contributed by atoms with van der Waals surface area (Å²) in [6, 6.07) is 10.0. The predicted octanol–water partition coefficient (Wildman–Crippen LogP) is 1.87. The molecule has 0 aliphatic heterocycles. The molecule has 136 valence electrons. The topological polar surface area (TPSA) is 120 Å². The summed E-state index contributed by atoms with van der Waals surface area (Å²) in [6.45, 7) is 2.20. The van der Waals surface area contributed by atoms with Crippen LogP contribution in [-0.2, 0) is 6.54 Å². The molecular weight excluding hydrogens is 332 g/mol. The molecule has 0 aliphatic carbocycles. The number of anilines is 4. The van der Waals surface area contributed by atoms with E-state index in [1.54, 1.807) is 21.0 Å². The minimum atomic E-state index is -0.786. The molecule has 1 atom stereocenters. The van der Waals surface area contributed by atoms with Crippen LogP contribution in [0.25, 0.3) is 11.0 Å². The van der Waals surface area contributed by atoms with Gasteiger partial charge in [0.1, 0.15) is 17.3 Å². The van der Waals surface area contributed by atoms with Crippen molar-refractivity contribution in [3.63, 3.8) is 0 Å². The number of aliphatic hydroxyl groups excluding tert-OH is 1. The molecule has 0 saturated heterocycles. The Balaban J connectivity index is 2.08. The van der Waals surface area contributed by atoms with E-state index in [4.69, 9.17) is 0 Å². The van der Waals surface area contributed by atoms with Gasteiger partial charge in [0.25, 0.3) is 0 Å². The molecule has 1 unspecified atom stereocenters. The lowest BCUT2D eigenvalue weighted by Crippen LogP contribution is -2.17. The van der Waals surface area contributed by atoms with Crippen LogP contribution in [0.2, 0.25) is 0 Å². The fraction of sp³-hybridized carbons (Fsp3) is 0.294. The van der Waals surface area contributed by atoms with E-state index in [1.807, 2.05) is 30.3 Å². The zero-order chi connectivity index (χ0) is 18.5. The molecule has 2 aromatic heterocycles. The standard InChI is InChI=1S/C17H22N8O/c1-10(26)21-15-13-12(22-17(19-3)25-15)14(24-16(18-2)23-13)20-9-11-7-5-4-6-8-11/h4-8,10,26H,9H2,1-3H3,(H2,18,20,23,24)(H2,19,21,22,25). The Morgan fingerprint density at radius 1 is 0.885 bits per heavy atom. The van der Waals surface area contributed by atoms with Gasteiger partial charge in [-0.1, -0.05) is 30.3 Å². The van der Waals surface area contributed by atoms with Crippen LogP contribution >= 0.6 is 0 Å². The Kier molecular flexibility index (Phi) is 5.28. The van der Waals surface area contributed by atoms with Gasteiger partial charge >= 0.3 is 0 Å². The molecule has 0 saturated carbocycles. The van der Waals surface area contributed by atoms with Crippen LogP contribution in [0.3, 0.4) is 0 Å². The minimum Gasteiger partial charge on any atom is -0.374 e. The number of hydrogen-bond donors (Lipinski definition) is 5. The number of fused-ring (bicyclic) bond motifs is 1. The Morgan fingerprint density at radius 3 is 2.04 bits per heavy atom. The third-order valence-corrected chi connectivity index (χ3v) is 3.64. The molecular formula is C17H22N8O. The summed E-state index contributed by atoms with van der Waals surface area (Å²) in [4.78, 5) is 17.8. The first-order valence-corrected chi connectivity index (χ1v) is 8.28. The average Bonchev–Trinajstić information content (AvgIpc) is 2.66. The van der Waals surface area contributed by atoms with Gasteiger partial charge in [0.15, 0.2) is 11.6 Å². The number of nitrogens with one attached hydrogen (secondary N) is 4. The lowest BCUT2D eigenvalue weighted by atomic mass is 10.2. The SMILES string of the molecule is CNc1nc(NC(C)O)c2nc(NC)nc(NCc3ccccc3)c2n1. The third-order valence-electron chi connectivity index (χ3n) is 3.64. The van der Waals surface area contributed by atoms with Crippen LogP contribution in [0.5, 0.6) is 0 Å².